The zero-order valence-electron chi connectivity index (χ0n) is 26.4. The van der Waals surface area contributed by atoms with Gasteiger partial charge in [-0.05, 0) is 0 Å². The molecule has 0 saturated carbocycles. The van der Waals surface area contributed by atoms with E-state index >= 15 is 0 Å². The number of hydrogen-bond acceptors (Lipinski definition) is 0. The fourth-order valence-corrected chi connectivity index (χ4v) is 37.9. The minimum atomic E-state index is -3.84. The Kier molecular flexibility index (Phi) is 7.59. The monoisotopic (exact) mass is 708 g/mol. The molecule has 0 fully saturated rings. The van der Waals surface area contributed by atoms with Crippen LogP contribution in [-0.2, 0) is 44.3 Å². The number of benzene rings is 3. The van der Waals surface area contributed by atoms with Crippen molar-refractivity contribution in [3.05, 3.63) is 135 Å². The van der Waals surface area contributed by atoms with Gasteiger partial charge in [0.05, 0.1) is 0 Å². The van der Waals surface area contributed by atoms with Crippen LogP contribution in [0.4, 0.5) is 0 Å². The van der Waals surface area contributed by atoms with Crippen LogP contribution in [0.1, 0.15) is 94.7 Å². The van der Waals surface area contributed by atoms with Gasteiger partial charge in [-0.15, -0.1) is 0 Å². The quantitative estimate of drug-likeness (QED) is 0.205. The summed E-state index contributed by atoms with van der Waals surface area (Å²) in [6, 6.07) is 28.5. The molecule has 0 spiro atoms. The van der Waals surface area contributed by atoms with E-state index in [0.29, 0.717) is 5.92 Å². The van der Waals surface area contributed by atoms with Gasteiger partial charge in [0.25, 0.3) is 0 Å². The van der Waals surface area contributed by atoms with Crippen molar-refractivity contribution >= 4 is 6.08 Å². The van der Waals surface area contributed by atoms with Gasteiger partial charge in [0.1, 0.15) is 0 Å². The van der Waals surface area contributed by atoms with E-state index < -0.39 is 20.0 Å². The predicted molar refractivity (Wildman–Crippen MR) is 174 cm³/mol. The molecule has 1 heteroatoms. The van der Waals surface area contributed by atoms with Gasteiger partial charge in [-0.25, -0.2) is 0 Å². The van der Waals surface area contributed by atoms with E-state index in [1.807, 2.05) is 0 Å². The molecule has 3 aromatic carbocycles. The second-order valence-corrected chi connectivity index (χ2v) is 31.1. The van der Waals surface area contributed by atoms with E-state index in [4.69, 9.17) is 0 Å². The van der Waals surface area contributed by atoms with Gasteiger partial charge >= 0.3 is 255 Å². The van der Waals surface area contributed by atoms with Crippen LogP contribution in [0.2, 0.25) is 3.17 Å². The fourth-order valence-electron chi connectivity index (χ4n) is 9.30. The molecule has 0 aromatic heterocycles. The molecule has 0 bridgehead atoms. The molecule has 3 aromatic rings. The first-order chi connectivity index (χ1) is 19.6. The zero-order valence-corrected chi connectivity index (χ0v) is 30.0. The summed E-state index contributed by atoms with van der Waals surface area (Å²) in [6.07, 6.45) is 10.4. The molecular formula is C40H48Hf. The first-order valence-corrected chi connectivity index (χ1v) is 24.6. The number of allylic oxidation sites excluding steroid dienone is 5. The summed E-state index contributed by atoms with van der Waals surface area (Å²) in [5.41, 5.74) is 15.9. The first kappa shape index (κ1) is 28.9. The molecule has 3 aliphatic rings. The van der Waals surface area contributed by atoms with Crippen LogP contribution < -0.4 is 0 Å². The summed E-state index contributed by atoms with van der Waals surface area (Å²) < 4.78 is 2.73. The Morgan fingerprint density at radius 2 is 1.24 bits per heavy atom. The Morgan fingerprint density at radius 3 is 1.76 bits per heavy atom. The molecular weight excluding hydrogens is 659 g/mol. The van der Waals surface area contributed by atoms with Gasteiger partial charge < -0.3 is 0 Å². The third-order valence-electron chi connectivity index (χ3n) is 11.7. The van der Waals surface area contributed by atoms with Crippen molar-refractivity contribution in [2.75, 3.05) is 0 Å². The van der Waals surface area contributed by atoms with Gasteiger partial charge in [0, 0.05) is 0 Å². The van der Waals surface area contributed by atoms with E-state index in [0.717, 1.165) is 0 Å². The first-order valence-electron chi connectivity index (χ1n) is 15.9. The molecule has 1 atom stereocenters. The topological polar surface area (TPSA) is 0 Å². The van der Waals surface area contributed by atoms with E-state index in [9.17, 15) is 0 Å². The van der Waals surface area contributed by atoms with Crippen LogP contribution in [0.5, 0.6) is 0 Å². The van der Waals surface area contributed by atoms with Crippen LogP contribution in [0.15, 0.2) is 101 Å². The van der Waals surface area contributed by atoms with Crippen molar-refractivity contribution in [3.63, 3.8) is 0 Å². The van der Waals surface area contributed by atoms with Crippen LogP contribution in [0.3, 0.4) is 0 Å². The van der Waals surface area contributed by atoms with E-state index in [2.05, 4.69) is 133 Å². The number of rotatable bonds is 8. The average Bonchev–Trinajstić information content (AvgIpc) is 3.62. The fraction of sp³-hybridized carbons (Fsp3) is 0.400. The molecule has 212 valence electrons. The SMILES string of the molecule is CC1=C(C)[C](C)([Hf]([CH2]c2ccccc2)([CH2]c2ccccc2)[C]2(CC(C)C)C=Cc3cc4c(cc32)CCC4)C(C)=C1C. The standard InChI is InChI=1S/C16H19.C10H15.2C7H7.Hf/c1-11(2)8-14-6-7-15-9-12-4-3-5-13(12)10-16(14)15;1-6-7(2)9(4)10(5)8(6)3;2*1-7-5-3-2-4-6-7;/h6-7,9-11H,3-5,8H2,1-2H3;1-5H3;2*2-6H,1H2;. The summed E-state index contributed by atoms with van der Waals surface area (Å²) in [6.45, 7) is 17.5. The second-order valence-electron chi connectivity index (χ2n) is 14.0. The number of aryl methyl sites for hydroxylation is 2. The van der Waals surface area contributed by atoms with Gasteiger partial charge in [-0.2, -0.15) is 0 Å². The summed E-state index contributed by atoms with van der Waals surface area (Å²) >= 11 is -3.84. The molecule has 0 aliphatic heterocycles. The zero-order chi connectivity index (χ0) is 29.0. The Morgan fingerprint density at radius 1 is 0.732 bits per heavy atom. The summed E-state index contributed by atoms with van der Waals surface area (Å²) in [7, 11) is 0. The van der Waals surface area contributed by atoms with Crippen molar-refractivity contribution in [1.29, 1.82) is 0 Å². The molecule has 0 heterocycles. The Hall–Kier alpha value is -2.25. The molecule has 3 aliphatic carbocycles. The normalized spacial score (nSPS) is 21.3. The molecule has 0 saturated heterocycles. The molecule has 41 heavy (non-hydrogen) atoms. The van der Waals surface area contributed by atoms with Crippen molar-refractivity contribution in [2.45, 2.75) is 88.8 Å². The summed E-state index contributed by atoms with van der Waals surface area (Å²) in [5.74, 6) is 0.616. The van der Waals surface area contributed by atoms with E-state index in [1.165, 1.54) is 39.6 Å². The molecule has 0 nitrogen and oxygen atoms in total. The van der Waals surface area contributed by atoms with Gasteiger partial charge in [-0.3, -0.25) is 0 Å². The maximum absolute atomic E-state index is 3.84. The number of hydrogen-bond donors (Lipinski definition) is 0. The molecule has 6 rings (SSSR count). The Balaban J connectivity index is 1.74. The summed E-state index contributed by atoms with van der Waals surface area (Å²) in [5, 5.41) is 0. The summed E-state index contributed by atoms with van der Waals surface area (Å²) in [4.78, 5) is 0. The van der Waals surface area contributed by atoms with Gasteiger partial charge in [-0.1, -0.05) is 0 Å². The van der Waals surface area contributed by atoms with Crippen LogP contribution >= 0.6 is 0 Å². The Bertz CT molecular complexity index is 1480. The molecule has 0 radical (unpaired) electrons. The van der Waals surface area contributed by atoms with E-state index in [-0.39, 0.29) is 6.34 Å². The Labute approximate surface area is 254 Å². The van der Waals surface area contributed by atoms with Crippen molar-refractivity contribution < 1.29 is 20.0 Å². The van der Waals surface area contributed by atoms with Crippen LogP contribution in [-0.4, -0.2) is 0 Å². The molecule has 1 unspecified atom stereocenters. The molecule has 0 N–H and O–H groups in total. The van der Waals surface area contributed by atoms with Gasteiger partial charge in [0.2, 0.25) is 0 Å². The van der Waals surface area contributed by atoms with E-state index in [1.54, 1.807) is 50.1 Å². The van der Waals surface area contributed by atoms with Crippen molar-refractivity contribution in [2.24, 2.45) is 5.92 Å². The maximum atomic E-state index is 2.79. The predicted octanol–water partition coefficient (Wildman–Crippen LogP) is 10.9. The van der Waals surface area contributed by atoms with Crippen LogP contribution in [0.25, 0.3) is 6.08 Å². The third-order valence-corrected chi connectivity index (χ3v) is 37.0. The third kappa shape index (κ3) is 4.40. The molecule has 0 amide bonds. The van der Waals surface area contributed by atoms with Gasteiger partial charge in [0.15, 0.2) is 0 Å². The average molecular weight is 707 g/mol. The van der Waals surface area contributed by atoms with Crippen molar-refractivity contribution in [3.8, 4) is 0 Å². The number of fused-ring (bicyclic) bond motifs is 2. The van der Waals surface area contributed by atoms with Crippen LogP contribution in [0, 0.1) is 5.92 Å². The minimum absolute atomic E-state index is 0.113. The van der Waals surface area contributed by atoms with Crippen molar-refractivity contribution in [1.82, 2.24) is 0 Å². The second kappa shape index (κ2) is 10.8.